The molecule has 0 saturated heterocycles. The summed E-state index contributed by atoms with van der Waals surface area (Å²) in [6.45, 7) is 6.43. The SMILES string of the molecule is CC.CCc1cc(OCc2ccccc2)c(F)cc1-c1ccc2cnn(PI)c2c1. The summed E-state index contributed by atoms with van der Waals surface area (Å²) in [6, 6.07) is 19.4. The Morgan fingerprint density at radius 1 is 1.07 bits per heavy atom. The smallest absolute Gasteiger partial charge is 0.165 e. The van der Waals surface area contributed by atoms with Crippen molar-refractivity contribution in [2.24, 2.45) is 0 Å². The lowest BCUT2D eigenvalue weighted by atomic mass is 9.97. The fraction of sp³-hybridized carbons (Fsp3) is 0.208. The van der Waals surface area contributed by atoms with Crippen LogP contribution in [0.4, 0.5) is 4.39 Å². The van der Waals surface area contributed by atoms with Crippen LogP contribution in [0.25, 0.3) is 22.0 Å². The highest BCUT2D eigenvalue weighted by molar-refractivity contribution is 14.2. The van der Waals surface area contributed by atoms with Crippen LogP contribution in [-0.4, -0.2) is 9.55 Å². The van der Waals surface area contributed by atoms with Crippen molar-refractivity contribution in [1.29, 1.82) is 0 Å². The highest BCUT2D eigenvalue weighted by Gasteiger charge is 2.13. The van der Waals surface area contributed by atoms with Gasteiger partial charge in [0.1, 0.15) is 6.61 Å². The molecule has 1 aromatic heterocycles. The summed E-state index contributed by atoms with van der Waals surface area (Å²) >= 11 is 2.31. The predicted molar refractivity (Wildman–Crippen MR) is 134 cm³/mol. The van der Waals surface area contributed by atoms with Crippen LogP contribution >= 0.6 is 28.4 Å². The van der Waals surface area contributed by atoms with Crippen LogP contribution in [0.5, 0.6) is 5.75 Å². The van der Waals surface area contributed by atoms with E-state index in [1.807, 2.05) is 73.0 Å². The number of fused-ring (bicyclic) bond motifs is 1. The summed E-state index contributed by atoms with van der Waals surface area (Å²) in [5.74, 6) is -0.0446. The Bertz CT molecular complexity index is 1120. The number of nitrogens with zero attached hydrogens (tertiary/aromatic N) is 2. The zero-order valence-corrected chi connectivity index (χ0v) is 20.5. The summed E-state index contributed by atoms with van der Waals surface area (Å²) in [4.78, 5) is 0. The van der Waals surface area contributed by atoms with E-state index >= 15 is 0 Å². The summed E-state index contributed by atoms with van der Waals surface area (Å²) in [6.07, 6.45) is 3.18. The first-order chi connectivity index (χ1) is 14.7. The quantitative estimate of drug-likeness (QED) is 0.187. The average molecular weight is 534 g/mol. The van der Waals surface area contributed by atoms with E-state index in [0.29, 0.717) is 18.7 Å². The Hall–Kier alpha value is -1.98. The van der Waals surface area contributed by atoms with E-state index in [0.717, 1.165) is 39.6 Å². The third kappa shape index (κ3) is 5.01. The van der Waals surface area contributed by atoms with Gasteiger partial charge in [-0.05, 0) is 68.9 Å². The van der Waals surface area contributed by atoms with Crippen molar-refractivity contribution in [3.8, 4) is 16.9 Å². The number of rotatable bonds is 6. The third-order valence-electron chi connectivity index (χ3n) is 4.74. The Kier molecular flexibility index (Phi) is 8.23. The molecule has 0 fully saturated rings. The lowest BCUT2D eigenvalue weighted by molar-refractivity contribution is 0.290. The maximum atomic E-state index is 14.8. The molecule has 0 aliphatic carbocycles. The normalized spacial score (nSPS) is 11.0. The summed E-state index contributed by atoms with van der Waals surface area (Å²) in [5.41, 5.74) is 5.04. The molecule has 0 radical (unpaired) electrons. The average Bonchev–Trinajstić information content (AvgIpc) is 3.22. The molecule has 0 spiro atoms. The van der Waals surface area contributed by atoms with Crippen molar-refractivity contribution in [3.63, 3.8) is 0 Å². The standard InChI is InChI=1S/C22H19FIN2OP.C2H6/c1-2-16-11-22(27-14-15-6-4-3-5-7-15)20(23)12-19(16)17-8-9-18-13-25-26(28-24)21(18)10-17;1-2/h3-13,28H,2,14H2,1H3;1-2H3. The summed E-state index contributed by atoms with van der Waals surface area (Å²) in [5, 5.41) is 5.50. The number of hydrogen-bond acceptors (Lipinski definition) is 2. The van der Waals surface area contributed by atoms with Gasteiger partial charge < -0.3 is 4.74 Å². The second-order valence-electron chi connectivity index (χ2n) is 6.48. The lowest BCUT2D eigenvalue weighted by Crippen LogP contribution is -2.00. The maximum Gasteiger partial charge on any atom is 0.165 e. The van der Waals surface area contributed by atoms with Crippen molar-refractivity contribution in [1.82, 2.24) is 9.55 Å². The van der Waals surface area contributed by atoms with E-state index in [2.05, 4.69) is 40.1 Å². The number of ether oxygens (including phenoxy) is 1. The van der Waals surface area contributed by atoms with Gasteiger partial charge in [-0.1, -0.05) is 63.2 Å². The molecule has 4 rings (SSSR count). The highest BCUT2D eigenvalue weighted by Crippen LogP contribution is 2.34. The van der Waals surface area contributed by atoms with E-state index in [9.17, 15) is 4.39 Å². The third-order valence-corrected chi connectivity index (χ3v) is 6.63. The minimum Gasteiger partial charge on any atom is -0.486 e. The van der Waals surface area contributed by atoms with Gasteiger partial charge in [0.25, 0.3) is 0 Å². The molecular formula is C24H25FIN2OP. The van der Waals surface area contributed by atoms with Crippen LogP contribution < -0.4 is 4.74 Å². The monoisotopic (exact) mass is 534 g/mol. The molecule has 4 aromatic rings. The van der Waals surface area contributed by atoms with Crippen LogP contribution in [-0.2, 0) is 13.0 Å². The van der Waals surface area contributed by atoms with Gasteiger partial charge in [-0.3, -0.25) is 0 Å². The highest BCUT2D eigenvalue weighted by atomic mass is 127. The van der Waals surface area contributed by atoms with Gasteiger partial charge in [0.2, 0.25) is 0 Å². The van der Waals surface area contributed by atoms with Gasteiger partial charge in [0.15, 0.2) is 11.6 Å². The number of benzene rings is 3. The van der Waals surface area contributed by atoms with Crippen molar-refractivity contribution >= 4 is 39.3 Å². The first-order valence-electron chi connectivity index (χ1n) is 10.0. The van der Waals surface area contributed by atoms with Crippen LogP contribution in [0.2, 0.25) is 0 Å². The first-order valence-corrected chi connectivity index (χ1v) is 14.1. The molecule has 1 heterocycles. The predicted octanol–water partition coefficient (Wildman–Crippen LogP) is 7.80. The van der Waals surface area contributed by atoms with Crippen molar-refractivity contribution < 1.29 is 9.13 Å². The maximum absolute atomic E-state index is 14.8. The minimum absolute atomic E-state index is 0.296. The second-order valence-corrected chi connectivity index (χ2v) is 8.52. The molecule has 30 heavy (non-hydrogen) atoms. The van der Waals surface area contributed by atoms with Gasteiger partial charge in [-0.15, -0.1) is 0 Å². The largest absolute Gasteiger partial charge is 0.486 e. The Labute approximate surface area is 192 Å². The van der Waals surface area contributed by atoms with Gasteiger partial charge in [0.05, 0.1) is 18.1 Å². The lowest BCUT2D eigenvalue weighted by Gasteiger charge is -2.14. The van der Waals surface area contributed by atoms with Crippen molar-refractivity contribution in [3.05, 3.63) is 83.8 Å². The van der Waals surface area contributed by atoms with Gasteiger partial charge in [-0.25, -0.2) is 8.84 Å². The van der Waals surface area contributed by atoms with Crippen molar-refractivity contribution in [2.75, 3.05) is 0 Å². The van der Waals surface area contributed by atoms with Gasteiger partial charge in [-0.2, -0.15) is 5.10 Å². The molecular weight excluding hydrogens is 509 g/mol. The topological polar surface area (TPSA) is 27.1 Å². The Morgan fingerprint density at radius 2 is 1.83 bits per heavy atom. The molecule has 3 nitrogen and oxygen atoms in total. The second kappa shape index (κ2) is 10.9. The number of aromatic nitrogens is 2. The Balaban J connectivity index is 0.00000124. The van der Waals surface area contributed by atoms with Gasteiger partial charge >= 0.3 is 0 Å². The molecule has 1 unspecified atom stereocenters. The van der Waals surface area contributed by atoms with E-state index in [4.69, 9.17) is 4.74 Å². The molecule has 0 aliphatic heterocycles. The minimum atomic E-state index is -0.340. The summed E-state index contributed by atoms with van der Waals surface area (Å²) in [7, 11) is 0. The van der Waals surface area contributed by atoms with Gasteiger partial charge in [0, 0.05) is 5.39 Å². The molecule has 0 amide bonds. The van der Waals surface area contributed by atoms with Crippen LogP contribution in [0, 0.1) is 5.82 Å². The van der Waals surface area contributed by atoms with E-state index in [-0.39, 0.29) is 5.82 Å². The van der Waals surface area contributed by atoms with Crippen molar-refractivity contribution in [2.45, 2.75) is 33.8 Å². The molecule has 0 saturated carbocycles. The first kappa shape index (κ1) is 22.7. The number of halogens is 2. The molecule has 0 aliphatic rings. The van der Waals surface area contributed by atoms with Crippen LogP contribution in [0.1, 0.15) is 31.9 Å². The zero-order chi connectivity index (χ0) is 21.5. The van der Waals surface area contributed by atoms with Crippen LogP contribution in [0.15, 0.2) is 66.9 Å². The fourth-order valence-electron chi connectivity index (χ4n) is 3.26. The molecule has 1 atom stereocenters. The molecule has 0 bridgehead atoms. The van der Waals surface area contributed by atoms with E-state index in [1.54, 1.807) is 6.07 Å². The van der Waals surface area contributed by atoms with E-state index in [1.165, 1.54) is 0 Å². The molecule has 156 valence electrons. The zero-order valence-electron chi connectivity index (χ0n) is 17.3. The van der Waals surface area contributed by atoms with E-state index < -0.39 is 0 Å². The molecule has 3 aromatic carbocycles. The molecule has 0 N–H and O–H groups in total. The molecule has 6 heteroatoms. The fourth-order valence-corrected chi connectivity index (χ4v) is 4.80. The Morgan fingerprint density at radius 3 is 2.53 bits per heavy atom. The van der Waals surface area contributed by atoms with Crippen LogP contribution in [0.3, 0.4) is 0 Å². The summed E-state index contributed by atoms with van der Waals surface area (Å²) < 4.78 is 22.5. The number of hydrogen-bond donors (Lipinski definition) is 0. The number of aryl methyl sites for hydroxylation is 1.